The molecule has 176 valence electrons. The molecule has 5 nitrogen and oxygen atoms in total. The molecule has 3 aromatic rings. The van der Waals surface area contributed by atoms with E-state index in [0.29, 0.717) is 18.3 Å². The lowest BCUT2D eigenvalue weighted by Gasteiger charge is -2.32. The molecule has 5 heteroatoms. The first-order valence-corrected chi connectivity index (χ1v) is 12.4. The van der Waals surface area contributed by atoms with Crippen LogP contribution >= 0.6 is 0 Å². The van der Waals surface area contributed by atoms with E-state index >= 15 is 0 Å². The third-order valence-corrected chi connectivity index (χ3v) is 6.84. The molecule has 1 aromatic heterocycles. The van der Waals surface area contributed by atoms with Crippen LogP contribution in [0.3, 0.4) is 0 Å². The van der Waals surface area contributed by atoms with Gasteiger partial charge in [0.2, 0.25) is 0 Å². The van der Waals surface area contributed by atoms with Gasteiger partial charge < -0.3 is 19.3 Å². The number of aromatic carboxylic acids is 1. The minimum atomic E-state index is -0.945. The number of piperidine rings is 1. The third-order valence-electron chi connectivity index (χ3n) is 6.84. The lowest BCUT2D eigenvalue weighted by atomic mass is 9.89. The lowest BCUT2D eigenvalue weighted by Crippen LogP contribution is -2.34. The number of para-hydroxylation sites is 2. The van der Waals surface area contributed by atoms with E-state index in [2.05, 4.69) is 46.9 Å². The molecule has 33 heavy (non-hydrogen) atoms. The van der Waals surface area contributed by atoms with Gasteiger partial charge in [-0.05, 0) is 68.5 Å². The zero-order chi connectivity index (χ0) is 23.0. The van der Waals surface area contributed by atoms with Crippen LogP contribution in [0.5, 0.6) is 5.75 Å². The summed E-state index contributed by atoms with van der Waals surface area (Å²) in [4.78, 5) is 13.8. The van der Waals surface area contributed by atoms with Crippen molar-refractivity contribution in [2.24, 2.45) is 0 Å². The summed E-state index contributed by atoms with van der Waals surface area (Å²) in [6, 6.07) is 15.7. The van der Waals surface area contributed by atoms with Crippen molar-refractivity contribution in [3.05, 3.63) is 65.9 Å². The largest absolute Gasteiger partial charge is 0.493 e. The van der Waals surface area contributed by atoms with Gasteiger partial charge in [-0.2, -0.15) is 0 Å². The molecule has 2 heterocycles. The molecule has 2 aromatic carbocycles. The molecule has 0 atom stereocenters. The van der Waals surface area contributed by atoms with Crippen molar-refractivity contribution in [3.8, 4) is 5.75 Å². The molecule has 0 saturated carbocycles. The number of benzene rings is 2. The van der Waals surface area contributed by atoms with Crippen molar-refractivity contribution >= 4 is 16.9 Å². The van der Waals surface area contributed by atoms with E-state index in [0.717, 1.165) is 32.6 Å². The molecule has 1 N–H and O–H groups in total. The Labute approximate surface area is 197 Å². The molecule has 1 aliphatic heterocycles. The van der Waals surface area contributed by atoms with Crippen LogP contribution in [0.15, 0.2) is 54.7 Å². The summed E-state index contributed by atoms with van der Waals surface area (Å²) in [5.74, 6) is 0.135. The van der Waals surface area contributed by atoms with Crippen molar-refractivity contribution in [2.75, 3.05) is 26.2 Å². The number of carboxylic acids is 1. The average molecular weight is 449 g/mol. The molecular formula is C28H36N2O3. The van der Waals surface area contributed by atoms with Gasteiger partial charge >= 0.3 is 5.97 Å². The van der Waals surface area contributed by atoms with Gasteiger partial charge in [-0.15, -0.1) is 0 Å². The summed E-state index contributed by atoms with van der Waals surface area (Å²) < 4.78 is 8.23. The standard InChI is InChI=1S/C28H36N2O3/c1-2-3-8-17-30-21-25(23-10-4-6-12-26(23)30)22-14-18-29(19-15-22)16-9-20-33-27-13-7-5-11-24(27)28(31)32/h4-7,10-13,21-22H,2-3,8-9,14-20H2,1H3,(H,31,32). The molecule has 0 unspecified atom stereocenters. The van der Waals surface area contributed by atoms with E-state index in [9.17, 15) is 9.90 Å². The number of aromatic nitrogens is 1. The highest BCUT2D eigenvalue weighted by atomic mass is 16.5. The summed E-state index contributed by atoms with van der Waals surface area (Å²) in [6.07, 6.45) is 9.47. The second kappa shape index (κ2) is 11.4. The Bertz CT molecular complexity index is 1050. The second-order valence-electron chi connectivity index (χ2n) is 9.12. The number of rotatable bonds is 11. The average Bonchev–Trinajstić information content (AvgIpc) is 3.21. The number of nitrogens with zero attached hydrogens (tertiary/aromatic N) is 2. The second-order valence-corrected chi connectivity index (χ2v) is 9.12. The summed E-state index contributed by atoms with van der Waals surface area (Å²) in [7, 11) is 0. The van der Waals surface area contributed by atoms with Crippen LogP contribution in [-0.4, -0.2) is 46.8 Å². The Kier molecular flexibility index (Phi) is 8.05. The third kappa shape index (κ3) is 5.77. The van der Waals surface area contributed by atoms with E-state index in [4.69, 9.17) is 4.74 Å². The minimum absolute atomic E-state index is 0.229. The number of hydrogen-bond acceptors (Lipinski definition) is 3. The molecule has 1 saturated heterocycles. The van der Waals surface area contributed by atoms with Crippen molar-refractivity contribution < 1.29 is 14.6 Å². The van der Waals surface area contributed by atoms with Crippen molar-refractivity contribution in [1.29, 1.82) is 0 Å². The molecule has 0 aliphatic carbocycles. The maximum absolute atomic E-state index is 11.3. The van der Waals surface area contributed by atoms with Gasteiger partial charge in [0.1, 0.15) is 11.3 Å². The Morgan fingerprint density at radius 1 is 1.00 bits per heavy atom. The fraction of sp³-hybridized carbons (Fsp3) is 0.464. The number of hydrogen-bond donors (Lipinski definition) is 1. The van der Waals surface area contributed by atoms with Gasteiger partial charge in [-0.1, -0.05) is 50.1 Å². The van der Waals surface area contributed by atoms with E-state index in [1.54, 1.807) is 18.2 Å². The highest BCUT2D eigenvalue weighted by molar-refractivity contribution is 5.90. The normalized spacial score (nSPS) is 15.2. The molecule has 0 spiro atoms. The van der Waals surface area contributed by atoms with Crippen LogP contribution < -0.4 is 4.74 Å². The van der Waals surface area contributed by atoms with Crippen LogP contribution in [0, 0.1) is 0 Å². The first-order valence-electron chi connectivity index (χ1n) is 12.4. The van der Waals surface area contributed by atoms with Crippen molar-refractivity contribution in [1.82, 2.24) is 9.47 Å². The zero-order valence-corrected chi connectivity index (χ0v) is 19.7. The van der Waals surface area contributed by atoms with E-state index in [1.165, 1.54) is 48.6 Å². The number of likely N-dealkylation sites (tertiary alicyclic amines) is 1. The van der Waals surface area contributed by atoms with E-state index in [-0.39, 0.29) is 5.56 Å². The summed E-state index contributed by atoms with van der Waals surface area (Å²) in [5.41, 5.74) is 3.13. The van der Waals surface area contributed by atoms with Crippen LogP contribution in [0.1, 0.15) is 67.3 Å². The predicted octanol–water partition coefficient (Wildman–Crippen LogP) is 6.18. The molecule has 4 rings (SSSR count). The summed E-state index contributed by atoms with van der Waals surface area (Å²) in [6.45, 7) is 7.10. The van der Waals surface area contributed by atoms with E-state index in [1.807, 2.05) is 6.07 Å². The van der Waals surface area contributed by atoms with Crippen molar-refractivity contribution in [2.45, 2.75) is 57.9 Å². The number of ether oxygens (including phenoxy) is 1. The zero-order valence-electron chi connectivity index (χ0n) is 19.7. The van der Waals surface area contributed by atoms with Crippen LogP contribution in [0.4, 0.5) is 0 Å². The molecule has 0 bridgehead atoms. The van der Waals surface area contributed by atoms with Gasteiger partial charge in [0.15, 0.2) is 0 Å². The highest BCUT2D eigenvalue weighted by Gasteiger charge is 2.23. The molecule has 1 fully saturated rings. The Morgan fingerprint density at radius 3 is 2.55 bits per heavy atom. The van der Waals surface area contributed by atoms with Gasteiger partial charge in [0, 0.05) is 30.2 Å². The monoisotopic (exact) mass is 448 g/mol. The molecule has 1 aliphatic rings. The Balaban J connectivity index is 1.28. The maximum atomic E-state index is 11.3. The van der Waals surface area contributed by atoms with Gasteiger partial charge in [0.25, 0.3) is 0 Å². The molecule has 0 radical (unpaired) electrons. The lowest BCUT2D eigenvalue weighted by molar-refractivity contribution is 0.0692. The number of carboxylic acid groups (broad SMARTS) is 1. The number of fused-ring (bicyclic) bond motifs is 1. The first-order chi connectivity index (χ1) is 16.2. The van der Waals surface area contributed by atoms with Crippen LogP contribution in [0.2, 0.25) is 0 Å². The molecular weight excluding hydrogens is 412 g/mol. The van der Waals surface area contributed by atoms with Crippen molar-refractivity contribution in [3.63, 3.8) is 0 Å². The maximum Gasteiger partial charge on any atom is 0.339 e. The van der Waals surface area contributed by atoms with Crippen LogP contribution in [0.25, 0.3) is 10.9 Å². The summed E-state index contributed by atoms with van der Waals surface area (Å²) >= 11 is 0. The highest BCUT2D eigenvalue weighted by Crippen LogP contribution is 2.34. The Morgan fingerprint density at radius 2 is 1.76 bits per heavy atom. The number of unbranched alkanes of at least 4 members (excludes halogenated alkanes) is 2. The number of aryl methyl sites for hydroxylation is 1. The fourth-order valence-corrected chi connectivity index (χ4v) is 5.02. The van der Waals surface area contributed by atoms with Gasteiger partial charge in [0.05, 0.1) is 6.61 Å². The van der Waals surface area contributed by atoms with Gasteiger partial charge in [-0.3, -0.25) is 0 Å². The Hall–Kier alpha value is -2.79. The predicted molar refractivity (Wildman–Crippen MR) is 133 cm³/mol. The SMILES string of the molecule is CCCCCn1cc(C2CCN(CCCOc3ccccc3C(=O)O)CC2)c2ccccc21. The summed E-state index contributed by atoms with van der Waals surface area (Å²) in [5, 5.41) is 10.7. The molecule has 0 amide bonds. The van der Waals surface area contributed by atoms with E-state index < -0.39 is 5.97 Å². The topological polar surface area (TPSA) is 54.7 Å². The number of carbonyl (C=O) groups is 1. The quantitative estimate of drug-likeness (QED) is 0.356. The fourth-order valence-electron chi connectivity index (χ4n) is 5.02. The van der Waals surface area contributed by atoms with Crippen LogP contribution in [-0.2, 0) is 6.54 Å². The smallest absolute Gasteiger partial charge is 0.339 e. The first kappa shape index (κ1) is 23.4. The van der Waals surface area contributed by atoms with Gasteiger partial charge in [-0.25, -0.2) is 4.79 Å². The minimum Gasteiger partial charge on any atom is -0.493 e.